The molecule has 0 spiro atoms. The van der Waals surface area contributed by atoms with E-state index in [-0.39, 0.29) is 11.9 Å². The van der Waals surface area contributed by atoms with E-state index in [2.05, 4.69) is 41.4 Å². The van der Waals surface area contributed by atoms with Crippen LogP contribution in [0.4, 0.5) is 10.1 Å². The molecule has 0 bridgehead atoms. The lowest BCUT2D eigenvalue weighted by Gasteiger charge is -2.33. The molecule has 0 radical (unpaired) electrons. The highest BCUT2D eigenvalue weighted by atomic mass is 19.1. The molecule has 0 amide bonds. The van der Waals surface area contributed by atoms with Crippen molar-refractivity contribution in [2.75, 3.05) is 24.6 Å². The molecule has 2 aromatic carbocycles. The Balaban J connectivity index is 1.52. The third-order valence-corrected chi connectivity index (χ3v) is 5.14. The van der Waals surface area contributed by atoms with Crippen LogP contribution in [0.1, 0.15) is 36.9 Å². The molecular formula is C21H27FN2O. The Bertz CT molecular complexity index is 666. The van der Waals surface area contributed by atoms with Gasteiger partial charge in [0.25, 0.3) is 0 Å². The van der Waals surface area contributed by atoms with Crippen molar-refractivity contribution in [3.05, 3.63) is 65.5 Å². The quantitative estimate of drug-likeness (QED) is 0.836. The van der Waals surface area contributed by atoms with Gasteiger partial charge in [0, 0.05) is 38.0 Å². The zero-order chi connectivity index (χ0) is 17.6. The minimum atomic E-state index is -0.194. The van der Waals surface area contributed by atoms with Crippen molar-refractivity contribution >= 4 is 5.69 Å². The summed E-state index contributed by atoms with van der Waals surface area (Å²) in [6, 6.07) is 15.5. The molecule has 134 valence electrons. The number of aliphatic hydroxyl groups is 1. The summed E-state index contributed by atoms with van der Waals surface area (Å²) < 4.78 is 13.3. The fourth-order valence-electron chi connectivity index (χ4n) is 3.36. The molecule has 1 saturated heterocycles. The van der Waals surface area contributed by atoms with Crippen molar-refractivity contribution in [1.29, 1.82) is 0 Å². The Morgan fingerprint density at radius 2 is 1.88 bits per heavy atom. The van der Waals surface area contributed by atoms with Crippen LogP contribution in [-0.2, 0) is 6.54 Å². The zero-order valence-electron chi connectivity index (χ0n) is 14.8. The molecule has 0 aromatic heterocycles. The highest BCUT2D eigenvalue weighted by molar-refractivity contribution is 5.48. The van der Waals surface area contributed by atoms with Crippen molar-refractivity contribution in [1.82, 2.24) is 5.32 Å². The first-order chi connectivity index (χ1) is 12.2. The van der Waals surface area contributed by atoms with Gasteiger partial charge < -0.3 is 15.3 Å². The highest BCUT2D eigenvalue weighted by Gasteiger charge is 2.18. The minimum Gasteiger partial charge on any atom is -0.396 e. The number of rotatable bonds is 6. The molecule has 3 rings (SSSR count). The first-order valence-electron chi connectivity index (χ1n) is 9.09. The summed E-state index contributed by atoms with van der Waals surface area (Å²) in [7, 11) is 0. The number of hydrogen-bond acceptors (Lipinski definition) is 3. The Morgan fingerprint density at radius 3 is 2.52 bits per heavy atom. The first-order valence-corrected chi connectivity index (χ1v) is 9.09. The fraction of sp³-hybridized carbons (Fsp3) is 0.429. The Labute approximate surface area is 149 Å². The summed E-state index contributed by atoms with van der Waals surface area (Å²) in [6.45, 7) is 5.14. The molecule has 4 heteroatoms. The van der Waals surface area contributed by atoms with E-state index < -0.39 is 0 Å². The molecule has 2 aromatic rings. The molecule has 1 atom stereocenters. The van der Waals surface area contributed by atoms with Gasteiger partial charge >= 0.3 is 0 Å². The average Bonchev–Trinajstić information content (AvgIpc) is 2.66. The van der Waals surface area contributed by atoms with Gasteiger partial charge in [-0.25, -0.2) is 4.39 Å². The molecule has 2 N–H and O–H groups in total. The number of benzene rings is 2. The van der Waals surface area contributed by atoms with Crippen LogP contribution >= 0.6 is 0 Å². The number of nitrogens with one attached hydrogen (secondary N) is 1. The molecule has 25 heavy (non-hydrogen) atoms. The Morgan fingerprint density at radius 1 is 1.16 bits per heavy atom. The maximum absolute atomic E-state index is 13.3. The standard InChI is InChI=1S/C21H27FN2O/c1-16(19-3-2-4-20(22)13-19)23-14-17-5-7-21(8-6-17)24-11-9-18(15-25)10-12-24/h2-8,13,16,18,23,25H,9-12,14-15H2,1H3. The van der Waals surface area contributed by atoms with Crippen LogP contribution < -0.4 is 10.2 Å². The van der Waals surface area contributed by atoms with Crippen molar-refractivity contribution in [3.63, 3.8) is 0 Å². The molecule has 1 aliphatic rings. The summed E-state index contributed by atoms with van der Waals surface area (Å²) in [6.07, 6.45) is 2.12. The van der Waals surface area contributed by atoms with E-state index in [4.69, 9.17) is 0 Å². The van der Waals surface area contributed by atoms with Gasteiger partial charge in [-0.05, 0) is 61.1 Å². The molecule has 1 aliphatic heterocycles. The monoisotopic (exact) mass is 342 g/mol. The molecule has 1 heterocycles. The van der Waals surface area contributed by atoms with Crippen LogP contribution in [-0.4, -0.2) is 24.8 Å². The van der Waals surface area contributed by atoms with Crippen molar-refractivity contribution in [3.8, 4) is 0 Å². The molecule has 1 unspecified atom stereocenters. The zero-order valence-corrected chi connectivity index (χ0v) is 14.8. The van der Waals surface area contributed by atoms with E-state index in [0.717, 1.165) is 38.0 Å². The predicted molar refractivity (Wildman–Crippen MR) is 100 cm³/mol. The van der Waals surface area contributed by atoms with Crippen LogP contribution in [0, 0.1) is 11.7 Å². The van der Waals surface area contributed by atoms with Gasteiger partial charge in [-0.1, -0.05) is 24.3 Å². The second kappa shape index (κ2) is 8.45. The van der Waals surface area contributed by atoms with E-state index in [1.54, 1.807) is 12.1 Å². The summed E-state index contributed by atoms with van der Waals surface area (Å²) in [5.74, 6) is 0.268. The lowest BCUT2D eigenvalue weighted by molar-refractivity contribution is 0.203. The van der Waals surface area contributed by atoms with Crippen LogP contribution in [0.25, 0.3) is 0 Å². The topological polar surface area (TPSA) is 35.5 Å². The number of anilines is 1. The molecule has 3 nitrogen and oxygen atoms in total. The van der Waals surface area contributed by atoms with E-state index in [1.165, 1.54) is 17.3 Å². The maximum Gasteiger partial charge on any atom is 0.123 e. The van der Waals surface area contributed by atoms with Gasteiger partial charge in [0.1, 0.15) is 5.82 Å². The first kappa shape index (κ1) is 17.9. The Kier molecular flexibility index (Phi) is 6.05. The van der Waals surface area contributed by atoms with E-state index in [1.807, 2.05) is 6.07 Å². The summed E-state index contributed by atoms with van der Waals surface area (Å²) in [4.78, 5) is 2.39. The number of halogens is 1. The smallest absolute Gasteiger partial charge is 0.123 e. The van der Waals surface area contributed by atoms with E-state index in [9.17, 15) is 9.50 Å². The summed E-state index contributed by atoms with van der Waals surface area (Å²) in [5.41, 5.74) is 3.43. The van der Waals surface area contributed by atoms with Gasteiger partial charge in [-0.15, -0.1) is 0 Å². The molecular weight excluding hydrogens is 315 g/mol. The van der Waals surface area contributed by atoms with Gasteiger partial charge in [-0.2, -0.15) is 0 Å². The fourth-order valence-corrected chi connectivity index (χ4v) is 3.36. The third kappa shape index (κ3) is 4.80. The largest absolute Gasteiger partial charge is 0.396 e. The predicted octanol–water partition coefficient (Wildman–Crippen LogP) is 3.89. The van der Waals surface area contributed by atoms with E-state index in [0.29, 0.717) is 12.5 Å². The SMILES string of the molecule is CC(NCc1ccc(N2CCC(CO)CC2)cc1)c1cccc(F)c1. The lowest BCUT2D eigenvalue weighted by Crippen LogP contribution is -2.34. The van der Waals surface area contributed by atoms with Crippen LogP contribution in [0.5, 0.6) is 0 Å². The van der Waals surface area contributed by atoms with E-state index >= 15 is 0 Å². The average molecular weight is 342 g/mol. The summed E-state index contributed by atoms with van der Waals surface area (Å²) in [5, 5.41) is 12.7. The van der Waals surface area contributed by atoms with Crippen molar-refractivity contribution in [2.45, 2.75) is 32.4 Å². The van der Waals surface area contributed by atoms with Gasteiger partial charge in [-0.3, -0.25) is 0 Å². The number of hydrogen-bond donors (Lipinski definition) is 2. The number of piperidine rings is 1. The minimum absolute atomic E-state index is 0.105. The third-order valence-electron chi connectivity index (χ3n) is 5.14. The summed E-state index contributed by atoms with van der Waals surface area (Å²) >= 11 is 0. The molecule has 0 aliphatic carbocycles. The van der Waals surface area contributed by atoms with Gasteiger partial charge in [0.2, 0.25) is 0 Å². The second-order valence-electron chi connectivity index (χ2n) is 6.94. The highest BCUT2D eigenvalue weighted by Crippen LogP contribution is 2.23. The maximum atomic E-state index is 13.3. The van der Waals surface area contributed by atoms with Crippen LogP contribution in [0.15, 0.2) is 48.5 Å². The second-order valence-corrected chi connectivity index (χ2v) is 6.94. The molecule has 1 fully saturated rings. The number of aliphatic hydroxyl groups excluding tert-OH is 1. The lowest BCUT2D eigenvalue weighted by atomic mass is 9.97. The van der Waals surface area contributed by atoms with Crippen LogP contribution in [0.2, 0.25) is 0 Å². The number of nitrogens with zero attached hydrogens (tertiary/aromatic N) is 1. The Hall–Kier alpha value is -1.91. The van der Waals surface area contributed by atoms with Gasteiger partial charge in [0.05, 0.1) is 0 Å². The van der Waals surface area contributed by atoms with Gasteiger partial charge in [0.15, 0.2) is 0 Å². The molecule has 0 saturated carbocycles. The van der Waals surface area contributed by atoms with Crippen LogP contribution in [0.3, 0.4) is 0 Å². The normalized spacial score (nSPS) is 16.8. The van der Waals surface area contributed by atoms with Crippen molar-refractivity contribution < 1.29 is 9.50 Å². The van der Waals surface area contributed by atoms with Crippen molar-refractivity contribution in [2.24, 2.45) is 5.92 Å².